The van der Waals surface area contributed by atoms with E-state index in [2.05, 4.69) is 9.71 Å². The van der Waals surface area contributed by atoms with Gasteiger partial charge in [0.05, 0.1) is 11.5 Å². The minimum absolute atomic E-state index is 0.0624. The molecule has 2 rings (SSSR count). The number of benzene rings is 1. The molecule has 1 aromatic carbocycles. The molecule has 0 aliphatic rings. The second-order valence-electron chi connectivity index (χ2n) is 4.32. The van der Waals surface area contributed by atoms with Crippen molar-refractivity contribution < 1.29 is 13.5 Å². The Bertz CT molecular complexity index is 802. The topological polar surface area (TPSA) is 99.3 Å². The van der Waals surface area contributed by atoms with Gasteiger partial charge in [-0.2, -0.15) is 0 Å². The number of nitrogens with one attached hydrogen (secondary N) is 2. The number of aliphatic hydroxyl groups is 1. The lowest BCUT2D eigenvalue weighted by atomic mass is 10.1. The number of sulfonamides is 1. The molecule has 0 unspecified atom stereocenters. The zero-order valence-corrected chi connectivity index (χ0v) is 12.4. The van der Waals surface area contributed by atoms with E-state index in [1.165, 1.54) is 0 Å². The van der Waals surface area contributed by atoms with Crippen LogP contribution in [0, 0.1) is 0 Å². The molecular formula is C13H13ClN2O4S. The molecule has 1 heterocycles. The van der Waals surface area contributed by atoms with Gasteiger partial charge in [0.15, 0.2) is 0 Å². The first-order valence-corrected chi connectivity index (χ1v) is 7.85. The number of hydrogen-bond acceptors (Lipinski definition) is 4. The van der Waals surface area contributed by atoms with Crippen molar-refractivity contribution in [3.05, 3.63) is 63.0 Å². The van der Waals surface area contributed by atoms with Crippen molar-refractivity contribution in [2.75, 3.05) is 0 Å². The second kappa shape index (κ2) is 6.40. The molecule has 21 heavy (non-hydrogen) atoms. The molecule has 8 heteroatoms. The standard InChI is InChI=1S/C13H13ClN2O4S/c14-12-5-11(7-15-13(12)18)21(19,20)16-6-9-2-1-3-10(4-9)8-17/h1-5,7,16-17H,6,8H2,(H,15,18). The molecule has 1 aromatic heterocycles. The quantitative estimate of drug-likeness (QED) is 0.762. The minimum atomic E-state index is -3.78. The SMILES string of the molecule is O=c1[nH]cc(S(=O)(=O)NCc2cccc(CO)c2)cc1Cl. The first kappa shape index (κ1) is 15.7. The van der Waals surface area contributed by atoms with Crippen LogP contribution in [0.2, 0.25) is 5.02 Å². The highest BCUT2D eigenvalue weighted by Crippen LogP contribution is 2.12. The predicted molar refractivity (Wildman–Crippen MR) is 78.5 cm³/mol. The Balaban J connectivity index is 2.17. The molecule has 0 saturated carbocycles. The summed E-state index contributed by atoms with van der Waals surface area (Å²) in [7, 11) is -3.78. The molecule has 0 saturated heterocycles. The number of rotatable bonds is 5. The number of aliphatic hydroxyl groups excluding tert-OH is 1. The average Bonchev–Trinajstić information content (AvgIpc) is 2.48. The summed E-state index contributed by atoms with van der Waals surface area (Å²) in [4.78, 5) is 13.3. The highest BCUT2D eigenvalue weighted by Gasteiger charge is 2.15. The molecule has 0 bridgehead atoms. The summed E-state index contributed by atoms with van der Waals surface area (Å²) in [5.74, 6) is 0. The first-order chi connectivity index (χ1) is 9.92. The lowest BCUT2D eigenvalue weighted by Crippen LogP contribution is -2.24. The zero-order valence-electron chi connectivity index (χ0n) is 10.8. The number of aromatic amines is 1. The van der Waals surface area contributed by atoms with Gasteiger partial charge in [-0.15, -0.1) is 0 Å². The van der Waals surface area contributed by atoms with Crippen molar-refractivity contribution in [2.45, 2.75) is 18.0 Å². The Hall–Kier alpha value is -1.67. The molecule has 0 atom stereocenters. The van der Waals surface area contributed by atoms with E-state index < -0.39 is 15.6 Å². The van der Waals surface area contributed by atoms with E-state index in [9.17, 15) is 13.2 Å². The van der Waals surface area contributed by atoms with Crippen LogP contribution in [0.4, 0.5) is 0 Å². The molecule has 0 amide bonds. The van der Waals surface area contributed by atoms with Gasteiger partial charge >= 0.3 is 0 Å². The van der Waals surface area contributed by atoms with Crippen molar-refractivity contribution in [3.8, 4) is 0 Å². The molecule has 3 N–H and O–H groups in total. The Labute approximate surface area is 126 Å². The van der Waals surface area contributed by atoms with E-state index in [1.807, 2.05) is 0 Å². The van der Waals surface area contributed by atoms with Gasteiger partial charge in [-0.1, -0.05) is 35.9 Å². The number of H-pyrrole nitrogens is 1. The Morgan fingerprint density at radius 1 is 1.24 bits per heavy atom. The van der Waals surface area contributed by atoms with Crippen LogP contribution in [0.5, 0.6) is 0 Å². The molecule has 0 spiro atoms. The van der Waals surface area contributed by atoms with E-state index in [0.29, 0.717) is 11.1 Å². The maximum Gasteiger partial charge on any atom is 0.266 e. The van der Waals surface area contributed by atoms with Gasteiger partial charge < -0.3 is 10.1 Å². The maximum atomic E-state index is 12.1. The molecule has 2 aromatic rings. The van der Waals surface area contributed by atoms with Crippen molar-refractivity contribution in [1.82, 2.24) is 9.71 Å². The van der Waals surface area contributed by atoms with Gasteiger partial charge in [-0.05, 0) is 17.2 Å². The third-order valence-corrected chi connectivity index (χ3v) is 4.44. The molecule has 0 fully saturated rings. The lowest BCUT2D eigenvalue weighted by Gasteiger charge is -2.08. The summed E-state index contributed by atoms with van der Waals surface area (Å²) in [6.07, 6.45) is 1.08. The largest absolute Gasteiger partial charge is 0.392 e. The maximum absolute atomic E-state index is 12.1. The first-order valence-electron chi connectivity index (χ1n) is 5.99. The third-order valence-electron chi connectivity index (χ3n) is 2.78. The van der Waals surface area contributed by atoms with E-state index >= 15 is 0 Å². The molecule has 0 aliphatic carbocycles. The number of aromatic nitrogens is 1. The van der Waals surface area contributed by atoms with Crippen LogP contribution in [0.25, 0.3) is 0 Å². The van der Waals surface area contributed by atoms with Crippen LogP contribution in [0.3, 0.4) is 0 Å². The normalized spacial score (nSPS) is 11.5. The summed E-state index contributed by atoms with van der Waals surface area (Å²) in [5, 5.41) is 8.84. The Morgan fingerprint density at radius 3 is 2.62 bits per heavy atom. The monoisotopic (exact) mass is 328 g/mol. The predicted octanol–water partition coefficient (Wildman–Crippen LogP) is 0.999. The van der Waals surface area contributed by atoms with Gasteiger partial charge in [-0.25, -0.2) is 13.1 Å². The van der Waals surface area contributed by atoms with Gasteiger partial charge in [0.1, 0.15) is 5.02 Å². The second-order valence-corrected chi connectivity index (χ2v) is 6.49. The fourth-order valence-corrected chi connectivity index (χ4v) is 2.94. The fraction of sp³-hybridized carbons (Fsp3) is 0.154. The summed E-state index contributed by atoms with van der Waals surface area (Å²) in [6, 6.07) is 7.99. The summed E-state index contributed by atoms with van der Waals surface area (Å²) >= 11 is 5.61. The molecular weight excluding hydrogens is 316 g/mol. The summed E-state index contributed by atoms with van der Waals surface area (Å²) in [5.41, 5.74) is 0.852. The third kappa shape index (κ3) is 3.92. The molecule has 112 valence electrons. The van der Waals surface area contributed by atoms with Crippen LogP contribution >= 0.6 is 11.6 Å². The van der Waals surface area contributed by atoms with E-state index in [1.54, 1.807) is 24.3 Å². The van der Waals surface area contributed by atoms with Crippen molar-refractivity contribution in [2.24, 2.45) is 0 Å². The average molecular weight is 329 g/mol. The van der Waals surface area contributed by atoms with Crippen LogP contribution in [0.1, 0.15) is 11.1 Å². The highest BCUT2D eigenvalue weighted by atomic mass is 35.5. The van der Waals surface area contributed by atoms with Gasteiger partial charge in [0.25, 0.3) is 5.56 Å². The van der Waals surface area contributed by atoms with Crippen LogP contribution < -0.4 is 10.3 Å². The summed E-state index contributed by atoms with van der Waals surface area (Å²) in [6.45, 7) is -0.0525. The molecule has 0 radical (unpaired) electrons. The highest BCUT2D eigenvalue weighted by molar-refractivity contribution is 7.89. The fourth-order valence-electron chi connectivity index (χ4n) is 1.69. The number of halogens is 1. The van der Waals surface area contributed by atoms with Crippen LogP contribution in [-0.2, 0) is 23.2 Å². The van der Waals surface area contributed by atoms with Crippen molar-refractivity contribution in [3.63, 3.8) is 0 Å². The molecule has 0 aliphatic heterocycles. The van der Waals surface area contributed by atoms with E-state index in [0.717, 1.165) is 12.3 Å². The van der Waals surface area contributed by atoms with Gasteiger partial charge in [0.2, 0.25) is 10.0 Å². The Morgan fingerprint density at radius 2 is 1.95 bits per heavy atom. The Kier molecular flexibility index (Phi) is 4.79. The van der Waals surface area contributed by atoms with Crippen molar-refractivity contribution >= 4 is 21.6 Å². The lowest BCUT2D eigenvalue weighted by molar-refractivity contribution is 0.281. The number of pyridine rings is 1. The van der Waals surface area contributed by atoms with Crippen LogP contribution in [-0.4, -0.2) is 18.5 Å². The summed E-state index contributed by atoms with van der Waals surface area (Å²) < 4.78 is 26.6. The van der Waals surface area contributed by atoms with Gasteiger partial charge in [-0.3, -0.25) is 4.79 Å². The van der Waals surface area contributed by atoms with E-state index in [4.69, 9.17) is 16.7 Å². The van der Waals surface area contributed by atoms with E-state index in [-0.39, 0.29) is 23.1 Å². The van der Waals surface area contributed by atoms with Crippen LogP contribution in [0.15, 0.2) is 46.2 Å². The smallest absolute Gasteiger partial charge is 0.266 e. The zero-order chi connectivity index (χ0) is 15.5. The number of hydrogen-bond donors (Lipinski definition) is 3. The van der Waals surface area contributed by atoms with Gasteiger partial charge in [0, 0.05) is 12.7 Å². The van der Waals surface area contributed by atoms with Crippen molar-refractivity contribution in [1.29, 1.82) is 0 Å². The molecule has 6 nitrogen and oxygen atoms in total. The minimum Gasteiger partial charge on any atom is -0.392 e.